The van der Waals surface area contributed by atoms with Crippen molar-refractivity contribution in [3.63, 3.8) is 0 Å². The minimum absolute atomic E-state index is 0.0119. The fraction of sp³-hybridized carbons (Fsp3) is 0.471. The van der Waals surface area contributed by atoms with E-state index in [-0.39, 0.29) is 69.1 Å². The summed E-state index contributed by atoms with van der Waals surface area (Å²) >= 11 is 0.742. The smallest absolute Gasteiger partial charge is 0.417 e. The molecule has 9 nitrogen and oxygen atoms in total. The van der Waals surface area contributed by atoms with Crippen LogP contribution in [0.4, 0.5) is 37.3 Å². The molecular weight excluding hydrogens is 684 g/mol. The van der Waals surface area contributed by atoms with Crippen LogP contribution in [0.15, 0.2) is 30.9 Å². The highest BCUT2D eigenvalue weighted by Crippen LogP contribution is 2.48. The Bertz CT molecular complexity index is 2000. The summed E-state index contributed by atoms with van der Waals surface area (Å²) in [6, 6.07) is 1.72. The van der Waals surface area contributed by atoms with Gasteiger partial charge in [-0.05, 0) is 57.4 Å². The first-order chi connectivity index (χ1) is 23.7. The standard InChI is InChI=1S/C34H35F6N7O2S/c1-4-24(48)46-12-18(3)47(13-17(46)2)30-21-11-22(34(38,39)40)25(20-5-6-23(36)29-28(20)42-31(41)50-29)26(37)27(21)43-32(44-30)49-16-33(8-9-33)15-45-10-7-19(35)14-45/h4-6,11,17-19H,1,7-10,12-16H2,2-3H3,(H2,41,42). The van der Waals surface area contributed by atoms with Crippen molar-refractivity contribution in [3.05, 3.63) is 48.1 Å². The maximum atomic E-state index is 17.0. The number of nitrogens with zero attached hydrogens (tertiary/aromatic N) is 6. The zero-order chi connectivity index (χ0) is 35.7. The molecule has 266 valence electrons. The van der Waals surface area contributed by atoms with Crippen molar-refractivity contribution in [1.29, 1.82) is 0 Å². The molecule has 16 heteroatoms. The number of halogens is 6. The number of amides is 1. The van der Waals surface area contributed by atoms with Crippen molar-refractivity contribution in [2.75, 3.05) is 50.0 Å². The van der Waals surface area contributed by atoms with E-state index in [2.05, 4.69) is 21.5 Å². The lowest BCUT2D eigenvalue weighted by Crippen LogP contribution is -2.58. The molecule has 0 spiro atoms. The number of alkyl halides is 4. The minimum Gasteiger partial charge on any atom is -0.463 e. The highest BCUT2D eigenvalue weighted by atomic mass is 32.1. The van der Waals surface area contributed by atoms with E-state index in [0.29, 0.717) is 26.1 Å². The third-order valence-electron chi connectivity index (χ3n) is 9.93. The lowest BCUT2D eigenvalue weighted by atomic mass is 9.95. The van der Waals surface area contributed by atoms with Crippen molar-refractivity contribution in [2.45, 2.75) is 57.5 Å². The van der Waals surface area contributed by atoms with E-state index in [9.17, 15) is 26.7 Å². The van der Waals surface area contributed by atoms with Gasteiger partial charge in [-0.2, -0.15) is 23.1 Å². The predicted molar refractivity (Wildman–Crippen MR) is 179 cm³/mol. The topological polar surface area (TPSA) is 101 Å². The summed E-state index contributed by atoms with van der Waals surface area (Å²) in [5.74, 6) is -2.35. The number of piperazine rings is 1. The van der Waals surface area contributed by atoms with E-state index < -0.39 is 52.7 Å². The quantitative estimate of drug-likeness (QED) is 0.161. The Labute approximate surface area is 287 Å². The third-order valence-corrected chi connectivity index (χ3v) is 10.8. The van der Waals surface area contributed by atoms with E-state index in [1.807, 2.05) is 4.90 Å². The Balaban J connectivity index is 1.38. The molecule has 3 atom stereocenters. The third kappa shape index (κ3) is 6.20. The van der Waals surface area contributed by atoms with Gasteiger partial charge in [-0.1, -0.05) is 17.9 Å². The number of likely N-dealkylation sites (tertiary alicyclic amines) is 1. The summed E-state index contributed by atoms with van der Waals surface area (Å²) in [6.45, 7) is 9.22. The molecule has 50 heavy (non-hydrogen) atoms. The van der Waals surface area contributed by atoms with E-state index in [1.165, 1.54) is 6.08 Å². The van der Waals surface area contributed by atoms with E-state index >= 15 is 4.39 Å². The van der Waals surface area contributed by atoms with Crippen LogP contribution in [0.25, 0.3) is 32.2 Å². The second-order valence-corrected chi connectivity index (χ2v) is 14.6. The highest BCUT2D eigenvalue weighted by Gasteiger charge is 2.46. The molecule has 1 aliphatic carbocycles. The summed E-state index contributed by atoms with van der Waals surface area (Å²) in [5, 5.41) is -0.305. The molecule has 2 aliphatic heterocycles. The van der Waals surface area contributed by atoms with Crippen molar-refractivity contribution in [2.24, 2.45) is 5.41 Å². The van der Waals surface area contributed by atoms with E-state index in [1.54, 1.807) is 23.6 Å². The number of hydrogen-bond donors (Lipinski definition) is 1. The monoisotopic (exact) mass is 719 g/mol. The number of fused-ring (bicyclic) bond motifs is 2. The first kappa shape index (κ1) is 34.3. The van der Waals surface area contributed by atoms with Crippen molar-refractivity contribution < 1.29 is 35.9 Å². The van der Waals surface area contributed by atoms with Crippen molar-refractivity contribution in [1.82, 2.24) is 24.8 Å². The zero-order valence-corrected chi connectivity index (χ0v) is 28.2. The van der Waals surface area contributed by atoms with Gasteiger partial charge in [0.25, 0.3) is 0 Å². The first-order valence-corrected chi connectivity index (χ1v) is 17.1. The minimum atomic E-state index is -5.06. The SMILES string of the molecule is C=CC(=O)N1CC(C)N(c2nc(OCC3(CN4CCC(F)C4)CC3)nc3c(F)c(-c4ccc(F)c5sc(N)nc45)c(C(F)(F)F)cc23)CC1C. The van der Waals surface area contributed by atoms with Gasteiger partial charge < -0.3 is 20.3 Å². The summed E-state index contributed by atoms with van der Waals surface area (Å²) in [5.41, 5.74) is 2.41. The Kier molecular flexibility index (Phi) is 8.60. The Hall–Kier alpha value is -4.18. The van der Waals surface area contributed by atoms with Gasteiger partial charge in [0.2, 0.25) is 5.91 Å². The van der Waals surface area contributed by atoms with Gasteiger partial charge in [0.15, 0.2) is 10.9 Å². The molecule has 2 aromatic heterocycles. The molecule has 3 unspecified atom stereocenters. The maximum absolute atomic E-state index is 17.0. The average molecular weight is 720 g/mol. The number of benzene rings is 2. The van der Waals surface area contributed by atoms with Crippen molar-refractivity contribution >= 4 is 49.3 Å². The second kappa shape index (κ2) is 12.5. The van der Waals surface area contributed by atoms with Crippen molar-refractivity contribution in [3.8, 4) is 17.1 Å². The number of nitrogens with two attached hydrogens (primary N) is 1. The Morgan fingerprint density at radius 1 is 1.12 bits per heavy atom. The molecule has 2 aromatic carbocycles. The largest absolute Gasteiger partial charge is 0.463 e. The van der Waals surface area contributed by atoms with Crippen LogP contribution in [-0.4, -0.2) is 88.2 Å². The first-order valence-electron chi connectivity index (χ1n) is 16.3. The summed E-state index contributed by atoms with van der Waals surface area (Å²) in [7, 11) is 0. The van der Waals surface area contributed by atoms with E-state index in [4.69, 9.17) is 10.5 Å². The normalized spacial score (nSPS) is 22.4. The van der Waals surface area contributed by atoms with E-state index in [0.717, 1.165) is 42.4 Å². The van der Waals surface area contributed by atoms with Gasteiger partial charge in [0.05, 0.1) is 22.4 Å². The number of rotatable bonds is 8. The highest BCUT2D eigenvalue weighted by molar-refractivity contribution is 7.22. The Morgan fingerprint density at radius 2 is 1.88 bits per heavy atom. The van der Waals surface area contributed by atoms with Crippen LogP contribution in [0.3, 0.4) is 0 Å². The number of carbonyl (C=O) groups excluding carboxylic acids is 1. The summed E-state index contributed by atoms with van der Waals surface area (Å²) in [4.78, 5) is 30.9. The molecule has 1 saturated carbocycles. The summed E-state index contributed by atoms with van der Waals surface area (Å²) < 4.78 is 96.3. The Morgan fingerprint density at radius 3 is 2.54 bits per heavy atom. The molecule has 2 N–H and O–H groups in total. The van der Waals surface area contributed by atoms with Crippen LogP contribution in [0.2, 0.25) is 0 Å². The molecule has 4 heterocycles. The van der Waals surface area contributed by atoms with Crippen LogP contribution in [0.1, 0.15) is 38.7 Å². The van der Waals surface area contributed by atoms with Gasteiger partial charge in [-0.15, -0.1) is 0 Å². The number of anilines is 2. The van der Waals surface area contributed by atoms with Crippen LogP contribution in [0, 0.1) is 17.0 Å². The van der Waals surface area contributed by atoms with Gasteiger partial charge in [-0.3, -0.25) is 9.69 Å². The lowest BCUT2D eigenvalue weighted by molar-refractivity contribution is -0.137. The average Bonchev–Trinajstić information content (AvgIpc) is 3.52. The van der Waals surface area contributed by atoms with Gasteiger partial charge in [0, 0.05) is 66.7 Å². The maximum Gasteiger partial charge on any atom is 0.417 e. The molecule has 1 amide bonds. The molecule has 0 bridgehead atoms. The number of nitrogen functional groups attached to an aromatic ring is 1. The zero-order valence-electron chi connectivity index (χ0n) is 27.4. The van der Waals surface area contributed by atoms with Gasteiger partial charge >= 0.3 is 12.2 Å². The van der Waals surface area contributed by atoms with Crippen LogP contribution in [-0.2, 0) is 11.0 Å². The molecule has 2 saturated heterocycles. The number of ether oxygens (including phenoxy) is 1. The number of aromatic nitrogens is 3. The fourth-order valence-corrected chi connectivity index (χ4v) is 7.91. The van der Waals surface area contributed by atoms with Gasteiger partial charge in [-0.25, -0.2) is 18.2 Å². The lowest BCUT2D eigenvalue weighted by Gasteiger charge is -2.44. The molecule has 7 rings (SSSR count). The second-order valence-electron chi connectivity index (χ2n) is 13.6. The molecule has 3 fully saturated rings. The van der Waals surface area contributed by atoms with Crippen LogP contribution >= 0.6 is 11.3 Å². The number of thiazole rings is 1. The molecular formula is C34H35F6N7O2S. The molecule has 3 aliphatic rings. The summed E-state index contributed by atoms with van der Waals surface area (Å²) in [6.07, 6.45) is -2.64. The molecule has 4 aromatic rings. The van der Waals surface area contributed by atoms with Crippen LogP contribution in [0.5, 0.6) is 6.01 Å². The number of carbonyl (C=O) groups is 1. The fourth-order valence-electron chi connectivity index (χ4n) is 7.15. The van der Waals surface area contributed by atoms with Gasteiger partial charge in [0.1, 0.15) is 23.3 Å². The van der Waals surface area contributed by atoms with Crippen LogP contribution < -0.4 is 15.4 Å². The number of hydrogen-bond acceptors (Lipinski definition) is 9. The predicted octanol–water partition coefficient (Wildman–Crippen LogP) is 6.60. The molecule has 0 radical (unpaired) electrons.